The van der Waals surface area contributed by atoms with E-state index in [4.69, 9.17) is 21.1 Å². The van der Waals surface area contributed by atoms with Crippen molar-refractivity contribution >= 4 is 34.4 Å². The topological polar surface area (TPSA) is 62.1 Å². The Morgan fingerprint density at radius 3 is 2.93 bits per heavy atom. The summed E-state index contributed by atoms with van der Waals surface area (Å²) < 4.78 is 12.9. The van der Waals surface area contributed by atoms with Crippen LogP contribution in [-0.4, -0.2) is 26.5 Å². The fraction of sp³-hybridized carbons (Fsp3) is 0.150. The molecule has 0 fully saturated rings. The molecule has 0 aliphatic carbocycles. The van der Waals surface area contributed by atoms with Crippen molar-refractivity contribution in [2.75, 3.05) is 6.79 Å². The van der Waals surface area contributed by atoms with E-state index in [1.54, 1.807) is 18.1 Å². The normalized spacial score (nSPS) is 13.3. The van der Waals surface area contributed by atoms with Gasteiger partial charge in [0, 0.05) is 21.9 Å². The number of rotatable bonds is 4. The van der Waals surface area contributed by atoms with Crippen LogP contribution in [-0.2, 0) is 17.1 Å². The van der Waals surface area contributed by atoms with Crippen LogP contribution in [0.5, 0.6) is 5.75 Å². The summed E-state index contributed by atoms with van der Waals surface area (Å²) in [6.07, 6.45) is 3.38. The Morgan fingerprint density at radius 2 is 2.04 bits per heavy atom. The highest BCUT2D eigenvalue weighted by molar-refractivity contribution is 7.98. The zero-order chi connectivity index (χ0) is 18.9. The predicted octanol–water partition coefficient (Wildman–Crippen LogP) is 4.63. The van der Waals surface area contributed by atoms with Crippen LogP contribution in [0.15, 0.2) is 60.0 Å². The second-order valence-electron chi connectivity index (χ2n) is 6.26. The molecule has 5 rings (SSSR count). The van der Waals surface area contributed by atoms with Crippen LogP contribution in [0, 0.1) is 0 Å². The van der Waals surface area contributed by atoms with Gasteiger partial charge >= 0.3 is 0 Å². The number of hydrogen-bond donors (Lipinski definition) is 0. The number of thioether (sulfide) groups is 1. The van der Waals surface area contributed by atoms with Gasteiger partial charge in [-0.15, -0.1) is 11.8 Å². The van der Waals surface area contributed by atoms with Crippen LogP contribution < -0.4 is 4.74 Å². The molecular formula is C20H15ClN4O2S. The molecule has 0 saturated carbocycles. The number of halogens is 1. The average Bonchev–Trinajstić information content (AvgIpc) is 3.17. The maximum atomic E-state index is 6.27. The van der Waals surface area contributed by atoms with E-state index in [-0.39, 0.29) is 6.79 Å². The minimum Gasteiger partial charge on any atom is -0.467 e. The van der Waals surface area contributed by atoms with Gasteiger partial charge in [-0.25, -0.2) is 14.6 Å². The summed E-state index contributed by atoms with van der Waals surface area (Å²) in [5.41, 5.74) is 3.74. The van der Waals surface area contributed by atoms with Gasteiger partial charge in [0.15, 0.2) is 12.4 Å². The molecule has 0 radical (unpaired) electrons. The predicted molar refractivity (Wildman–Crippen MR) is 108 cm³/mol. The molecule has 8 heteroatoms. The van der Waals surface area contributed by atoms with Crippen molar-refractivity contribution in [3.8, 4) is 11.4 Å². The van der Waals surface area contributed by atoms with Crippen molar-refractivity contribution in [3.05, 3.63) is 71.1 Å². The van der Waals surface area contributed by atoms with Crippen LogP contribution in [0.25, 0.3) is 16.7 Å². The zero-order valence-corrected chi connectivity index (χ0v) is 16.3. The van der Waals surface area contributed by atoms with Crippen LogP contribution in [0.2, 0.25) is 5.02 Å². The van der Waals surface area contributed by atoms with Crippen molar-refractivity contribution in [2.45, 2.75) is 17.4 Å². The Labute approximate surface area is 170 Å². The minimum atomic E-state index is 0.258. The number of ether oxygens (including phenoxy) is 2. The average molecular weight is 411 g/mol. The largest absolute Gasteiger partial charge is 0.467 e. The van der Waals surface area contributed by atoms with Crippen LogP contribution in [0.3, 0.4) is 0 Å². The smallest absolute Gasteiger partial charge is 0.189 e. The van der Waals surface area contributed by atoms with E-state index in [1.165, 1.54) is 0 Å². The van der Waals surface area contributed by atoms with Gasteiger partial charge in [0.1, 0.15) is 17.1 Å². The molecule has 0 atom stereocenters. The Morgan fingerprint density at radius 1 is 1.14 bits per heavy atom. The minimum absolute atomic E-state index is 0.258. The van der Waals surface area contributed by atoms with Crippen LogP contribution >= 0.6 is 23.4 Å². The van der Waals surface area contributed by atoms with E-state index in [9.17, 15) is 0 Å². The van der Waals surface area contributed by atoms with Gasteiger partial charge in [-0.05, 0) is 24.3 Å². The first-order chi connectivity index (χ1) is 13.8. The highest BCUT2D eigenvalue weighted by Crippen LogP contribution is 2.36. The molecule has 6 nitrogen and oxygen atoms in total. The fourth-order valence-electron chi connectivity index (χ4n) is 3.21. The standard InChI is InChI=1S/C20H15ClN4O2S/c21-15-6-13-9-26-12-27-18(13)14(7-15)10-28-20-17-8-24-25(19(17)22-11-23-20)16-4-2-1-3-5-16/h1-8,11H,9-10,12H2. The van der Waals surface area contributed by atoms with Gasteiger partial charge in [-0.2, -0.15) is 5.10 Å². The molecule has 0 saturated heterocycles. The molecule has 0 N–H and O–H groups in total. The van der Waals surface area contributed by atoms with Crippen LogP contribution in [0.1, 0.15) is 11.1 Å². The third kappa shape index (κ3) is 3.22. The molecule has 3 heterocycles. The zero-order valence-electron chi connectivity index (χ0n) is 14.7. The fourth-order valence-corrected chi connectivity index (χ4v) is 4.40. The second-order valence-corrected chi connectivity index (χ2v) is 7.66. The lowest BCUT2D eigenvalue weighted by molar-refractivity contribution is -0.0168. The van der Waals surface area contributed by atoms with Crippen molar-refractivity contribution in [1.29, 1.82) is 0 Å². The van der Waals surface area contributed by atoms with E-state index in [0.717, 1.165) is 38.6 Å². The van der Waals surface area contributed by atoms with Crippen molar-refractivity contribution in [1.82, 2.24) is 19.7 Å². The summed E-state index contributed by atoms with van der Waals surface area (Å²) in [6, 6.07) is 13.8. The molecule has 2 aromatic heterocycles. The second kappa shape index (κ2) is 7.43. The van der Waals surface area contributed by atoms with Crippen molar-refractivity contribution in [2.24, 2.45) is 0 Å². The molecule has 1 aliphatic rings. The number of aromatic nitrogens is 4. The van der Waals surface area contributed by atoms with Gasteiger partial charge in [0.05, 0.1) is 23.9 Å². The van der Waals surface area contributed by atoms with Gasteiger partial charge < -0.3 is 9.47 Å². The molecule has 0 amide bonds. The number of nitrogens with zero attached hydrogens (tertiary/aromatic N) is 4. The van der Waals surface area contributed by atoms with Gasteiger partial charge in [-0.3, -0.25) is 0 Å². The van der Waals surface area contributed by atoms with E-state index >= 15 is 0 Å². The molecule has 1 aliphatic heterocycles. The number of benzene rings is 2. The molecule has 4 aromatic rings. The Bertz CT molecular complexity index is 1150. The maximum absolute atomic E-state index is 6.27. The molecule has 140 valence electrons. The lowest BCUT2D eigenvalue weighted by Crippen LogP contribution is -2.13. The number of para-hydroxylation sites is 1. The Hall–Kier alpha value is -2.61. The third-order valence-corrected chi connectivity index (χ3v) is 5.72. The molecule has 28 heavy (non-hydrogen) atoms. The summed E-state index contributed by atoms with van der Waals surface area (Å²) in [5, 5.41) is 6.96. The van der Waals surface area contributed by atoms with Gasteiger partial charge in [0.2, 0.25) is 0 Å². The van der Waals surface area contributed by atoms with Gasteiger partial charge in [0.25, 0.3) is 0 Å². The quantitative estimate of drug-likeness (QED) is 0.361. The summed E-state index contributed by atoms with van der Waals surface area (Å²) >= 11 is 7.88. The molecule has 0 bridgehead atoms. The van der Waals surface area contributed by atoms with Crippen LogP contribution in [0.4, 0.5) is 0 Å². The summed E-state index contributed by atoms with van der Waals surface area (Å²) in [7, 11) is 0. The highest BCUT2D eigenvalue weighted by Gasteiger charge is 2.18. The highest BCUT2D eigenvalue weighted by atomic mass is 35.5. The molecule has 0 unspecified atom stereocenters. The van der Waals surface area contributed by atoms with Crippen molar-refractivity contribution < 1.29 is 9.47 Å². The molecular weight excluding hydrogens is 396 g/mol. The summed E-state index contributed by atoms with van der Waals surface area (Å²) in [4.78, 5) is 8.89. The number of hydrogen-bond acceptors (Lipinski definition) is 6. The lowest BCUT2D eigenvalue weighted by atomic mass is 10.1. The SMILES string of the molecule is Clc1cc2c(c(CSc3ncnc4c3cnn4-c3ccccc3)c1)OCOC2. The van der Waals surface area contributed by atoms with Crippen molar-refractivity contribution in [3.63, 3.8) is 0 Å². The first kappa shape index (κ1) is 17.5. The monoisotopic (exact) mass is 410 g/mol. The lowest BCUT2D eigenvalue weighted by Gasteiger charge is -2.21. The summed E-state index contributed by atoms with van der Waals surface area (Å²) in [5.74, 6) is 1.53. The Balaban J connectivity index is 1.47. The first-order valence-electron chi connectivity index (χ1n) is 8.68. The van der Waals surface area contributed by atoms with Gasteiger partial charge in [-0.1, -0.05) is 29.8 Å². The Kier molecular flexibility index (Phi) is 4.64. The first-order valence-corrected chi connectivity index (χ1v) is 10.0. The van der Waals surface area contributed by atoms with E-state index in [1.807, 2.05) is 53.3 Å². The van der Waals surface area contributed by atoms with E-state index < -0.39 is 0 Å². The van der Waals surface area contributed by atoms with E-state index in [2.05, 4.69) is 15.1 Å². The third-order valence-electron chi connectivity index (χ3n) is 4.45. The molecule has 2 aromatic carbocycles. The summed E-state index contributed by atoms with van der Waals surface area (Å²) in [6.45, 7) is 0.767. The molecule has 0 spiro atoms. The maximum Gasteiger partial charge on any atom is 0.189 e. The number of fused-ring (bicyclic) bond motifs is 2. The van der Waals surface area contributed by atoms with E-state index in [0.29, 0.717) is 17.4 Å².